The van der Waals surface area contributed by atoms with Crippen LogP contribution in [0.1, 0.15) is 23.5 Å². The van der Waals surface area contributed by atoms with Gasteiger partial charge in [0.2, 0.25) is 0 Å². The first-order valence-electron chi connectivity index (χ1n) is 9.77. The third kappa shape index (κ3) is 6.53. The van der Waals surface area contributed by atoms with Gasteiger partial charge in [-0.1, -0.05) is 36.4 Å². The number of tetrazole rings is 1. The quantitative estimate of drug-likeness (QED) is 0.240. The highest BCUT2D eigenvalue weighted by Crippen LogP contribution is 2.20. The van der Waals surface area contributed by atoms with Crippen LogP contribution in [0.4, 0.5) is 10.6 Å². The zero-order chi connectivity index (χ0) is 22.6. The summed E-state index contributed by atoms with van der Waals surface area (Å²) in [5.74, 6) is 3.40. The van der Waals surface area contributed by atoms with Crippen LogP contribution in [-0.2, 0) is 23.1 Å². The van der Waals surface area contributed by atoms with Crippen LogP contribution in [0.3, 0.4) is 0 Å². The lowest BCUT2D eigenvalue weighted by molar-refractivity contribution is 0.164. The molecular formula is C23H22N6O3. The number of hydrogen-bond donors (Lipinski definition) is 1. The molecule has 162 valence electrons. The normalized spacial score (nSPS) is 11.2. The van der Waals surface area contributed by atoms with E-state index in [1.54, 1.807) is 42.3 Å². The van der Waals surface area contributed by atoms with Crippen LogP contribution in [0.5, 0.6) is 0 Å². The van der Waals surface area contributed by atoms with Gasteiger partial charge in [-0.15, -0.1) is 17.4 Å². The van der Waals surface area contributed by atoms with E-state index in [0.29, 0.717) is 23.8 Å². The van der Waals surface area contributed by atoms with Crippen molar-refractivity contribution in [3.8, 4) is 12.3 Å². The third-order valence-corrected chi connectivity index (χ3v) is 4.13. The fraction of sp³-hybridized carbons (Fsp3) is 0.174. The molecule has 0 unspecified atom stereocenters. The fourth-order valence-electron chi connectivity index (χ4n) is 2.67. The van der Waals surface area contributed by atoms with Gasteiger partial charge in [-0.3, -0.25) is 5.32 Å². The maximum absolute atomic E-state index is 11.7. The molecule has 0 atom stereocenters. The number of rotatable bonds is 9. The Morgan fingerprint density at radius 1 is 1.22 bits per heavy atom. The second-order valence-electron chi connectivity index (χ2n) is 6.44. The Morgan fingerprint density at radius 3 is 2.81 bits per heavy atom. The molecule has 0 fully saturated rings. The molecule has 0 spiro atoms. The Balaban J connectivity index is 1.60. The highest BCUT2D eigenvalue weighted by Gasteiger charge is 2.10. The SMILES string of the molecule is C#CCCOC(=O)Nc1cccc(CO/C=C/C=C(/c2ccccc2)c2nnnn2C)n1. The predicted molar refractivity (Wildman–Crippen MR) is 119 cm³/mol. The van der Waals surface area contributed by atoms with Crippen LogP contribution in [0.2, 0.25) is 0 Å². The van der Waals surface area contributed by atoms with Crippen molar-refractivity contribution in [1.82, 2.24) is 25.2 Å². The van der Waals surface area contributed by atoms with E-state index >= 15 is 0 Å². The number of aryl methyl sites for hydroxylation is 1. The number of hydrogen-bond acceptors (Lipinski definition) is 7. The maximum Gasteiger partial charge on any atom is 0.412 e. The van der Waals surface area contributed by atoms with Crippen molar-refractivity contribution >= 4 is 17.5 Å². The first-order chi connectivity index (χ1) is 15.7. The molecule has 3 aromatic rings. The van der Waals surface area contributed by atoms with Crippen LogP contribution >= 0.6 is 0 Å². The third-order valence-electron chi connectivity index (χ3n) is 4.13. The smallest absolute Gasteiger partial charge is 0.412 e. The second kappa shape index (κ2) is 11.7. The fourth-order valence-corrected chi connectivity index (χ4v) is 2.67. The van der Waals surface area contributed by atoms with E-state index in [9.17, 15) is 4.79 Å². The first-order valence-corrected chi connectivity index (χ1v) is 9.77. The van der Waals surface area contributed by atoms with Gasteiger partial charge in [-0.2, -0.15) is 0 Å². The van der Waals surface area contributed by atoms with Crippen LogP contribution in [0, 0.1) is 12.3 Å². The molecule has 0 aliphatic carbocycles. The average molecular weight is 430 g/mol. The molecule has 1 aromatic carbocycles. The second-order valence-corrected chi connectivity index (χ2v) is 6.44. The number of carbonyl (C=O) groups is 1. The molecule has 0 aliphatic heterocycles. The number of pyridine rings is 1. The first kappa shape index (κ1) is 22.2. The van der Waals surface area contributed by atoms with Crippen LogP contribution < -0.4 is 5.32 Å². The van der Waals surface area contributed by atoms with Crippen molar-refractivity contribution < 1.29 is 14.3 Å². The van der Waals surface area contributed by atoms with Crippen molar-refractivity contribution in [3.63, 3.8) is 0 Å². The lowest BCUT2D eigenvalue weighted by Gasteiger charge is -2.07. The number of nitrogens with zero attached hydrogens (tertiary/aromatic N) is 5. The standard InChI is InChI=1S/C23H22N6O3/c1-3-4-16-32-23(30)25-21-14-8-12-19(24-21)17-31-15-9-13-20(18-10-6-5-7-11-18)22-26-27-28-29(22)2/h1,5-15H,4,16-17H2,2H3,(H,24,25,30)/b15-9+,20-13-. The Morgan fingerprint density at radius 2 is 2.06 bits per heavy atom. The molecule has 2 aromatic heterocycles. The van der Waals surface area contributed by atoms with Crippen LogP contribution in [0.15, 0.2) is 66.9 Å². The molecule has 32 heavy (non-hydrogen) atoms. The maximum atomic E-state index is 11.7. The number of amides is 1. The van der Waals surface area contributed by atoms with E-state index in [-0.39, 0.29) is 13.2 Å². The zero-order valence-corrected chi connectivity index (χ0v) is 17.5. The molecule has 3 rings (SSSR count). The Kier molecular flexibility index (Phi) is 8.11. The molecule has 1 N–H and O–H groups in total. The van der Waals surface area contributed by atoms with Crippen molar-refractivity contribution in [2.45, 2.75) is 13.0 Å². The summed E-state index contributed by atoms with van der Waals surface area (Å²) >= 11 is 0. The number of allylic oxidation sites excluding steroid dienone is 2. The van der Waals surface area contributed by atoms with Gasteiger partial charge in [0.05, 0.1) is 12.0 Å². The van der Waals surface area contributed by atoms with Gasteiger partial charge in [-0.25, -0.2) is 14.5 Å². The Bertz CT molecular complexity index is 1130. The van der Waals surface area contributed by atoms with Gasteiger partial charge >= 0.3 is 6.09 Å². The van der Waals surface area contributed by atoms with Gasteiger partial charge in [0.25, 0.3) is 0 Å². The number of aromatic nitrogens is 5. The summed E-state index contributed by atoms with van der Waals surface area (Å²) in [6.07, 6.45) is 10.1. The minimum absolute atomic E-state index is 0.152. The number of terminal acetylenes is 1. The largest absolute Gasteiger partial charge is 0.495 e. The van der Waals surface area contributed by atoms with E-state index < -0.39 is 6.09 Å². The van der Waals surface area contributed by atoms with Gasteiger partial charge < -0.3 is 9.47 Å². The predicted octanol–water partition coefficient (Wildman–Crippen LogP) is 3.34. The van der Waals surface area contributed by atoms with Crippen molar-refractivity contribution in [3.05, 3.63) is 84.0 Å². The summed E-state index contributed by atoms with van der Waals surface area (Å²) in [5.41, 5.74) is 2.47. The number of ether oxygens (including phenoxy) is 2. The molecule has 1 amide bonds. The topological polar surface area (TPSA) is 104 Å². The monoisotopic (exact) mass is 430 g/mol. The summed E-state index contributed by atoms with van der Waals surface area (Å²) in [7, 11) is 1.78. The summed E-state index contributed by atoms with van der Waals surface area (Å²) in [6, 6.07) is 15.0. The van der Waals surface area contributed by atoms with Gasteiger partial charge in [0, 0.05) is 19.0 Å². The molecular weight excluding hydrogens is 408 g/mol. The number of carbonyl (C=O) groups excluding carboxylic acids is 1. The highest BCUT2D eigenvalue weighted by atomic mass is 16.5. The number of nitrogens with one attached hydrogen (secondary N) is 1. The minimum Gasteiger partial charge on any atom is -0.495 e. The van der Waals surface area contributed by atoms with Crippen molar-refractivity contribution in [1.29, 1.82) is 0 Å². The van der Waals surface area contributed by atoms with Gasteiger partial charge in [0.15, 0.2) is 5.82 Å². The summed E-state index contributed by atoms with van der Waals surface area (Å²) in [6.45, 7) is 0.372. The molecule has 0 aliphatic rings. The minimum atomic E-state index is -0.609. The van der Waals surface area contributed by atoms with Gasteiger partial charge in [0.1, 0.15) is 19.0 Å². The van der Waals surface area contributed by atoms with E-state index in [1.807, 2.05) is 36.4 Å². The lowest BCUT2D eigenvalue weighted by Crippen LogP contribution is -2.15. The summed E-state index contributed by atoms with van der Waals surface area (Å²) < 4.78 is 12.1. The molecule has 0 saturated carbocycles. The van der Waals surface area contributed by atoms with Gasteiger partial charge in [-0.05, 0) is 40.3 Å². The number of anilines is 1. The van der Waals surface area contributed by atoms with E-state index in [0.717, 1.165) is 11.1 Å². The molecule has 0 saturated heterocycles. The molecule has 0 radical (unpaired) electrons. The molecule has 9 nitrogen and oxygen atoms in total. The van der Waals surface area contributed by atoms with Crippen LogP contribution in [0.25, 0.3) is 5.57 Å². The summed E-state index contributed by atoms with van der Waals surface area (Å²) in [5, 5.41) is 14.3. The Hall–Kier alpha value is -4.45. The summed E-state index contributed by atoms with van der Waals surface area (Å²) in [4.78, 5) is 16.0. The zero-order valence-electron chi connectivity index (χ0n) is 17.5. The number of benzene rings is 1. The average Bonchev–Trinajstić information content (AvgIpc) is 3.23. The molecule has 2 heterocycles. The Labute approximate surface area is 185 Å². The van der Waals surface area contributed by atoms with E-state index in [1.165, 1.54) is 0 Å². The van der Waals surface area contributed by atoms with E-state index in [2.05, 4.69) is 31.7 Å². The highest BCUT2D eigenvalue weighted by molar-refractivity contribution is 5.83. The van der Waals surface area contributed by atoms with Crippen LogP contribution in [-0.4, -0.2) is 37.9 Å². The molecule has 9 heteroatoms. The van der Waals surface area contributed by atoms with E-state index in [4.69, 9.17) is 15.9 Å². The van der Waals surface area contributed by atoms with Crippen molar-refractivity contribution in [2.75, 3.05) is 11.9 Å². The lowest BCUT2D eigenvalue weighted by atomic mass is 10.1. The molecule has 0 bridgehead atoms. The van der Waals surface area contributed by atoms with Crippen molar-refractivity contribution in [2.24, 2.45) is 7.05 Å².